The van der Waals surface area contributed by atoms with E-state index < -0.39 is 0 Å². The summed E-state index contributed by atoms with van der Waals surface area (Å²) in [5.41, 5.74) is 0.767. The average molecular weight is 372 g/mol. The third-order valence-corrected chi connectivity index (χ3v) is 5.24. The monoisotopic (exact) mass is 372 g/mol. The molecule has 26 heavy (non-hydrogen) atoms. The van der Waals surface area contributed by atoms with Gasteiger partial charge in [0.15, 0.2) is 0 Å². The van der Waals surface area contributed by atoms with E-state index in [1.807, 2.05) is 60.5 Å². The van der Waals surface area contributed by atoms with Crippen molar-refractivity contribution in [1.82, 2.24) is 4.90 Å². The summed E-state index contributed by atoms with van der Waals surface area (Å²) in [4.78, 5) is 27.5. The van der Waals surface area contributed by atoms with Crippen molar-refractivity contribution in [3.63, 3.8) is 0 Å². The number of hydrogen-bond donors (Lipinski definition) is 1. The Morgan fingerprint density at radius 1 is 1.15 bits per heavy atom. The van der Waals surface area contributed by atoms with Crippen LogP contribution in [0.15, 0.2) is 41.8 Å². The molecule has 5 nitrogen and oxygen atoms in total. The van der Waals surface area contributed by atoms with Gasteiger partial charge in [-0.1, -0.05) is 6.07 Å². The quantitative estimate of drug-likeness (QED) is 0.862. The van der Waals surface area contributed by atoms with Crippen LogP contribution in [-0.2, 0) is 4.79 Å². The van der Waals surface area contributed by atoms with Gasteiger partial charge in [-0.2, -0.15) is 0 Å². The average Bonchev–Trinajstić information content (AvgIpc) is 3.17. The van der Waals surface area contributed by atoms with Crippen molar-refractivity contribution in [1.29, 1.82) is 0 Å². The van der Waals surface area contributed by atoms with Crippen LogP contribution in [0.3, 0.4) is 0 Å². The fourth-order valence-corrected chi connectivity index (χ4v) is 3.72. The van der Waals surface area contributed by atoms with Crippen LogP contribution < -0.4 is 10.1 Å². The molecule has 0 aliphatic carbocycles. The van der Waals surface area contributed by atoms with Crippen LogP contribution in [0, 0.1) is 5.92 Å². The molecule has 0 spiro atoms. The maximum absolute atomic E-state index is 12.5. The first-order chi connectivity index (χ1) is 12.5. The zero-order valence-electron chi connectivity index (χ0n) is 15.1. The van der Waals surface area contributed by atoms with E-state index in [9.17, 15) is 9.59 Å². The Morgan fingerprint density at radius 3 is 2.42 bits per heavy atom. The number of carbonyl (C=O) groups is 2. The second-order valence-corrected chi connectivity index (χ2v) is 7.67. The molecule has 0 unspecified atom stereocenters. The minimum atomic E-state index is -0.0611. The molecule has 0 bridgehead atoms. The molecular formula is C20H24N2O3S. The van der Waals surface area contributed by atoms with E-state index in [0.717, 1.165) is 16.3 Å². The molecule has 0 saturated carbocycles. The molecule has 1 aromatic carbocycles. The van der Waals surface area contributed by atoms with Gasteiger partial charge in [0.05, 0.1) is 11.0 Å². The Balaban J connectivity index is 1.50. The molecule has 1 N–H and O–H groups in total. The predicted molar refractivity (Wildman–Crippen MR) is 104 cm³/mol. The van der Waals surface area contributed by atoms with Crippen molar-refractivity contribution in [3.8, 4) is 5.75 Å². The van der Waals surface area contributed by atoms with Gasteiger partial charge in [0.1, 0.15) is 5.75 Å². The summed E-state index contributed by atoms with van der Waals surface area (Å²) in [6.07, 6.45) is 1.51. The summed E-state index contributed by atoms with van der Waals surface area (Å²) in [5.74, 6) is 0.817. The fourth-order valence-electron chi connectivity index (χ4n) is 3.03. The Morgan fingerprint density at radius 2 is 1.85 bits per heavy atom. The van der Waals surface area contributed by atoms with Gasteiger partial charge in [-0.15, -0.1) is 11.3 Å². The second kappa shape index (κ2) is 8.36. The van der Waals surface area contributed by atoms with Crippen LogP contribution in [0.4, 0.5) is 5.69 Å². The number of carbonyl (C=O) groups excluding carboxylic acids is 2. The topological polar surface area (TPSA) is 58.6 Å². The number of benzene rings is 1. The number of nitrogens with zero attached hydrogens (tertiary/aromatic N) is 1. The van der Waals surface area contributed by atoms with Crippen molar-refractivity contribution in [2.24, 2.45) is 5.92 Å². The number of amides is 2. The summed E-state index contributed by atoms with van der Waals surface area (Å²) < 4.78 is 5.61. The normalized spacial score (nSPS) is 15.1. The van der Waals surface area contributed by atoms with Gasteiger partial charge in [0.2, 0.25) is 5.91 Å². The highest BCUT2D eigenvalue weighted by Gasteiger charge is 2.28. The molecule has 2 heterocycles. The van der Waals surface area contributed by atoms with E-state index >= 15 is 0 Å². The first kappa shape index (κ1) is 18.5. The first-order valence-corrected chi connectivity index (χ1v) is 9.81. The van der Waals surface area contributed by atoms with E-state index in [4.69, 9.17) is 4.74 Å². The highest BCUT2D eigenvalue weighted by molar-refractivity contribution is 7.12. The summed E-state index contributed by atoms with van der Waals surface area (Å²) >= 11 is 1.46. The lowest BCUT2D eigenvalue weighted by Gasteiger charge is -2.31. The third kappa shape index (κ3) is 4.64. The number of thiophene rings is 1. The summed E-state index contributed by atoms with van der Waals surface area (Å²) in [7, 11) is 0. The molecule has 2 aromatic rings. The Hall–Kier alpha value is -2.34. The molecule has 1 aliphatic rings. The third-order valence-electron chi connectivity index (χ3n) is 4.38. The molecule has 6 heteroatoms. The van der Waals surface area contributed by atoms with Gasteiger partial charge in [-0.25, -0.2) is 0 Å². The van der Waals surface area contributed by atoms with Gasteiger partial charge in [0.25, 0.3) is 5.91 Å². The lowest BCUT2D eigenvalue weighted by Crippen LogP contribution is -2.41. The summed E-state index contributed by atoms with van der Waals surface area (Å²) in [6.45, 7) is 5.20. The first-order valence-electron chi connectivity index (χ1n) is 8.93. The minimum Gasteiger partial charge on any atom is -0.491 e. The van der Waals surface area contributed by atoms with Crippen molar-refractivity contribution < 1.29 is 14.3 Å². The smallest absolute Gasteiger partial charge is 0.263 e. The Kier molecular flexibility index (Phi) is 5.93. The maximum atomic E-state index is 12.5. The molecule has 3 rings (SSSR count). The largest absolute Gasteiger partial charge is 0.491 e. The fraction of sp³-hybridized carbons (Fsp3) is 0.400. The number of ether oxygens (including phenoxy) is 1. The second-order valence-electron chi connectivity index (χ2n) is 6.72. The molecule has 2 amide bonds. The van der Waals surface area contributed by atoms with Crippen molar-refractivity contribution in [2.45, 2.75) is 32.8 Å². The predicted octanol–water partition coefficient (Wildman–Crippen LogP) is 4.03. The number of piperidine rings is 1. The maximum Gasteiger partial charge on any atom is 0.263 e. The van der Waals surface area contributed by atoms with Gasteiger partial charge in [0, 0.05) is 24.7 Å². The van der Waals surface area contributed by atoms with Crippen molar-refractivity contribution in [2.75, 3.05) is 18.4 Å². The Bertz CT molecular complexity index is 733. The number of anilines is 1. The van der Waals surface area contributed by atoms with E-state index in [0.29, 0.717) is 25.9 Å². The molecule has 1 aromatic heterocycles. The molecule has 1 fully saturated rings. The molecule has 1 aliphatic heterocycles. The van der Waals surface area contributed by atoms with Gasteiger partial charge in [-0.05, 0) is 62.4 Å². The van der Waals surface area contributed by atoms with Gasteiger partial charge in [-0.3, -0.25) is 9.59 Å². The van der Waals surface area contributed by atoms with Crippen LogP contribution >= 0.6 is 11.3 Å². The standard InChI is InChI=1S/C20H24N2O3S/c1-14(2)25-17-7-5-16(6-8-17)21-19(23)15-9-11-22(12-10-15)20(24)18-4-3-13-26-18/h3-8,13-15H,9-12H2,1-2H3,(H,21,23). The minimum absolute atomic E-state index is 0.0192. The SMILES string of the molecule is CC(C)Oc1ccc(NC(=O)C2CCN(C(=O)c3cccs3)CC2)cc1. The van der Waals surface area contributed by atoms with Crippen molar-refractivity contribution >= 4 is 28.8 Å². The van der Waals surface area contributed by atoms with Crippen LogP contribution in [0.25, 0.3) is 0 Å². The van der Waals surface area contributed by atoms with Crippen LogP contribution in [0.2, 0.25) is 0 Å². The molecule has 1 saturated heterocycles. The van der Waals surface area contributed by atoms with Crippen LogP contribution in [0.1, 0.15) is 36.4 Å². The zero-order valence-corrected chi connectivity index (χ0v) is 15.9. The number of rotatable bonds is 5. The van der Waals surface area contributed by atoms with Crippen LogP contribution in [-0.4, -0.2) is 35.9 Å². The molecular weight excluding hydrogens is 348 g/mol. The lowest BCUT2D eigenvalue weighted by atomic mass is 9.95. The molecule has 0 atom stereocenters. The van der Waals surface area contributed by atoms with Crippen molar-refractivity contribution in [3.05, 3.63) is 46.7 Å². The number of hydrogen-bond acceptors (Lipinski definition) is 4. The lowest BCUT2D eigenvalue weighted by molar-refractivity contribution is -0.121. The highest BCUT2D eigenvalue weighted by Crippen LogP contribution is 2.23. The number of likely N-dealkylation sites (tertiary alicyclic amines) is 1. The van der Waals surface area contributed by atoms with E-state index in [-0.39, 0.29) is 23.8 Å². The summed E-state index contributed by atoms with van der Waals surface area (Å²) in [5, 5.41) is 4.88. The molecule has 138 valence electrons. The van der Waals surface area contributed by atoms with Crippen LogP contribution in [0.5, 0.6) is 5.75 Å². The summed E-state index contributed by atoms with van der Waals surface area (Å²) in [6, 6.07) is 11.2. The van der Waals surface area contributed by atoms with E-state index in [2.05, 4.69) is 5.32 Å². The zero-order chi connectivity index (χ0) is 18.5. The van der Waals surface area contributed by atoms with E-state index in [1.165, 1.54) is 11.3 Å². The Labute approximate surface area is 158 Å². The highest BCUT2D eigenvalue weighted by atomic mass is 32.1. The van der Waals surface area contributed by atoms with Gasteiger partial charge >= 0.3 is 0 Å². The van der Waals surface area contributed by atoms with E-state index in [1.54, 1.807) is 0 Å². The van der Waals surface area contributed by atoms with Gasteiger partial charge < -0.3 is 15.0 Å². The molecule has 0 radical (unpaired) electrons. The number of nitrogens with one attached hydrogen (secondary N) is 1.